The van der Waals surface area contributed by atoms with E-state index in [9.17, 15) is 4.39 Å². The summed E-state index contributed by atoms with van der Waals surface area (Å²) in [6.07, 6.45) is 4.32. The van der Waals surface area contributed by atoms with E-state index < -0.39 is 0 Å². The molecule has 1 heterocycles. The van der Waals surface area contributed by atoms with Crippen LogP contribution in [-0.2, 0) is 6.42 Å². The molecule has 0 spiro atoms. The van der Waals surface area contributed by atoms with Crippen molar-refractivity contribution in [2.45, 2.75) is 25.2 Å². The molecule has 96 valence electrons. The van der Waals surface area contributed by atoms with Crippen LogP contribution in [0.5, 0.6) is 0 Å². The Morgan fingerprint density at radius 2 is 2.06 bits per heavy atom. The maximum absolute atomic E-state index is 13.2. The fourth-order valence-electron chi connectivity index (χ4n) is 2.21. The monoisotopic (exact) mass is 247 g/mol. The smallest absolute Gasteiger partial charge is 0.123 e. The van der Waals surface area contributed by atoms with Crippen LogP contribution in [-0.4, -0.2) is 6.54 Å². The number of rotatable bonds is 6. The molecule has 0 saturated carbocycles. The minimum absolute atomic E-state index is 0.187. The van der Waals surface area contributed by atoms with Gasteiger partial charge in [-0.05, 0) is 55.1 Å². The van der Waals surface area contributed by atoms with Crippen LogP contribution in [0.4, 0.5) is 4.39 Å². The second-order valence-electron chi connectivity index (χ2n) is 4.45. The summed E-state index contributed by atoms with van der Waals surface area (Å²) in [5.74, 6) is 1.07. The molecule has 0 aliphatic heterocycles. The number of aryl methyl sites for hydroxylation is 1. The predicted octanol–water partition coefficient (Wildman–Crippen LogP) is 3.48. The van der Waals surface area contributed by atoms with Crippen molar-refractivity contribution in [2.75, 3.05) is 6.54 Å². The minimum Gasteiger partial charge on any atom is -0.469 e. The van der Waals surface area contributed by atoms with Crippen molar-refractivity contribution in [1.82, 2.24) is 0 Å². The molecule has 3 heteroatoms. The lowest BCUT2D eigenvalue weighted by atomic mass is 9.91. The predicted molar refractivity (Wildman–Crippen MR) is 69.8 cm³/mol. The molecule has 18 heavy (non-hydrogen) atoms. The fraction of sp³-hybridized carbons (Fsp3) is 0.333. The maximum Gasteiger partial charge on any atom is 0.123 e. The van der Waals surface area contributed by atoms with Crippen LogP contribution < -0.4 is 5.73 Å². The van der Waals surface area contributed by atoms with E-state index in [0.717, 1.165) is 30.6 Å². The van der Waals surface area contributed by atoms with Gasteiger partial charge in [-0.1, -0.05) is 12.1 Å². The lowest BCUT2D eigenvalue weighted by Gasteiger charge is -2.16. The van der Waals surface area contributed by atoms with Crippen molar-refractivity contribution < 1.29 is 8.81 Å². The molecular formula is C15H18FNO. The summed E-state index contributed by atoms with van der Waals surface area (Å²) in [6, 6.07) is 10.6. The van der Waals surface area contributed by atoms with Gasteiger partial charge in [0.1, 0.15) is 11.6 Å². The Morgan fingerprint density at radius 3 is 2.72 bits per heavy atom. The first-order valence-electron chi connectivity index (χ1n) is 6.27. The van der Waals surface area contributed by atoms with E-state index in [2.05, 4.69) is 0 Å². The number of furan rings is 1. The van der Waals surface area contributed by atoms with Gasteiger partial charge in [0.15, 0.2) is 0 Å². The van der Waals surface area contributed by atoms with Gasteiger partial charge < -0.3 is 10.2 Å². The summed E-state index contributed by atoms with van der Waals surface area (Å²) in [6.45, 7) is 0.610. The third-order valence-electron chi connectivity index (χ3n) is 3.15. The van der Waals surface area contributed by atoms with Crippen LogP contribution >= 0.6 is 0 Å². The molecule has 1 aromatic carbocycles. The first-order valence-corrected chi connectivity index (χ1v) is 6.27. The van der Waals surface area contributed by atoms with E-state index in [-0.39, 0.29) is 11.7 Å². The lowest BCUT2D eigenvalue weighted by molar-refractivity contribution is 0.479. The molecule has 0 aliphatic rings. The zero-order chi connectivity index (χ0) is 12.8. The Bertz CT molecular complexity index is 467. The summed E-state index contributed by atoms with van der Waals surface area (Å²) >= 11 is 0. The molecule has 0 bridgehead atoms. The number of halogens is 1. The summed E-state index contributed by atoms with van der Waals surface area (Å²) in [5, 5.41) is 0. The summed E-state index contributed by atoms with van der Waals surface area (Å²) < 4.78 is 18.5. The second kappa shape index (κ2) is 6.36. The number of hydrogen-bond donors (Lipinski definition) is 1. The highest BCUT2D eigenvalue weighted by Gasteiger charge is 2.12. The molecule has 1 unspecified atom stereocenters. The molecule has 0 radical (unpaired) electrons. The highest BCUT2D eigenvalue weighted by Crippen LogP contribution is 2.25. The number of hydrogen-bond acceptors (Lipinski definition) is 2. The van der Waals surface area contributed by atoms with E-state index in [4.69, 9.17) is 10.2 Å². The van der Waals surface area contributed by atoms with Gasteiger partial charge in [0.2, 0.25) is 0 Å². The van der Waals surface area contributed by atoms with E-state index in [1.165, 1.54) is 6.07 Å². The van der Waals surface area contributed by atoms with E-state index >= 15 is 0 Å². The standard InChI is InChI=1S/C15H18FNO/c16-14-4-1-3-13(11-14)12(8-9-17)6-7-15-5-2-10-18-15/h1-5,10-12H,6-9,17H2. The quantitative estimate of drug-likeness (QED) is 0.848. The van der Waals surface area contributed by atoms with Crippen LogP contribution in [0.15, 0.2) is 47.1 Å². The van der Waals surface area contributed by atoms with Crippen LogP contribution in [0.1, 0.15) is 30.1 Å². The maximum atomic E-state index is 13.2. The van der Waals surface area contributed by atoms with Crippen molar-refractivity contribution >= 4 is 0 Å². The Balaban J connectivity index is 2.03. The first kappa shape index (κ1) is 12.8. The van der Waals surface area contributed by atoms with Crippen LogP contribution in [0.3, 0.4) is 0 Å². The van der Waals surface area contributed by atoms with Gasteiger partial charge in [0.05, 0.1) is 6.26 Å². The zero-order valence-corrected chi connectivity index (χ0v) is 10.3. The molecule has 1 atom stereocenters. The molecule has 0 saturated heterocycles. The van der Waals surface area contributed by atoms with Gasteiger partial charge in [-0.25, -0.2) is 4.39 Å². The molecule has 2 N–H and O–H groups in total. The first-order chi connectivity index (χ1) is 8.79. The Labute approximate surface area is 107 Å². The van der Waals surface area contributed by atoms with Gasteiger partial charge in [0.25, 0.3) is 0 Å². The van der Waals surface area contributed by atoms with E-state index in [1.54, 1.807) is 18.4 Å². The van der Waals surface area contributed by atoms with Crippen molar-refractivity contribution in [3.63, 3.8) is 0 Å². The second-order valence-corrected chi connectivity index (χ2v) is 4.45. The molecule has 0 fully saturated rings. The SMILES string of the molecule is NCCC(CCc1ccco1)c1cccc(F)c1. The highest BCUT2D eigenvalue weighted by atomic mass is 19.1. The van der Waals surface area contributed by atoms with Crippen molar-refractivity contribution in [2.24, 2.45) is 5.73 Å². The molecule has 2 aromatic rings. The number of benzene rings is 1. The summed E-state index contributed by atoms with van der Waals surface area (Å²) in [5.41, 5.74) is 6.66. The Hall–Kier alpha value is -1.61. The third-order valence-corrected chi connectivity index (χ3v) is 3.15. The normalized spacial score (nSPS) is 12.6. The lowest BCUT2D eigenvalue weighted by Crippen LogP contribution is -2.08. The molecule has 0 aliphatic carbocycles. The molecule has 2 rings (SSSR count). The van der Waals surface area contributed by atoms with E-state index in [1.807, 2.05) is 18.2 Å². The van der Waals surface area contributed by atoms with Crippen molar-refractivity contribution in [3.05, 3.63) is 59.8 Å². The summed E-state index contributed by atoms with van der Waals surface area (Å²) in [4.78, 5) is 0. The Morgan fingerprint density at radius 1 is 1.17 bits per heavy atom. The fourth-order valence-corrected chi connectivity index (χ4v) is 2.21. The topological polar surface area (TPSA) is 39.2 Å². The number of nitrogens with two attached hydrogens (primary N) is 1. The zero-order valence-electron chi connectivity index (χ0n) is 10.3. The summed E-state index contributed by atoms with van der Waals surface area (Å²) in [7, 11) is 0. The largest absolute Gasteiger partial charge is 0.469 e. The molecular weight excluding hydrogens is 229 g/mol. The molecule has 1 aromatic heterocycles. The van der Waals surface area contributed by atoms with Crippen molar-refractivity contribution in [1.29, 1.82) is 0 Å². The van der Waals surface area contributed by atoms with E-state index in [0.29, 0.717) is 6.54 Å². The van der Waals surface area contributed by atoms with Gasteiger partial charge >= 0.3 is 0 Å². The molecule has 0 amide bonds. The van der Waals surface area contributed by atoms with Gasteiger partial charge in [-0.15, -0.1) is 0 Å². The molecule has 2 nitrogen and oxygen atoms in total. The van der Waals surface area contributed by atoms with Crippen molar-refractivity contribution in [3.8, 4) is 0 Å². The Kier molecular flexibility index (Phi) is 4.53. The van der Waals surface area contributed by atoms with Gasteiger partial charge in [-0.2, -0.15) is 0 Å². The average Bonchev–Trinajstić information content (AvgIpc) is 2.87. The van der Waals surface area contributed by atoms with Crippen LogP contribution in [0, 0.1) is 5.82 Å². The average molecular weight is 247 g/mol. The third kappa shape index (κ3) is 3.44. The minimum atomic E-state index is -0.187. The van der Waals surface area contributed by atoms with Crippen LogP contribution in [0.2, 0.25) is 0 Å². The van der Waals surface area contributed by atoms with Gasteiger partial charge in [0, 0.05) is 6.42 Å². The highest BCUT2D eigenvalue weighted by molar-refractivity contribution is 5.21. The van der Waals surface area contributed by atoms with Crippen LogP contribution in [0.25, 0.3) is 0 Å². The van der Waals surface area contributed by atoms with Gasteiger partial charge in [-0.3, -0.25) is 0 Å².